The van der Waals surface area contributed by atoms with Crippen molar-refractivity contribution in [2.45, 2.75) is 0 Å². The second kappa shape index (κ2) is 9.52. The molecule has 7 nitrogen and oxygen atoms in total. The fourth-order valence-electron chi connectivity index (χ4n) is 2.24. The number of urea groups is 1. The first kappa shape index (κ1) is 19.4. The molecule has 0 fully saturated rings. The largest absolute Gasteiger partial charge is 0.492 e. The first-order chi connectivity index (χ1) is 13.6. The van der Waals surface area contributed by atoms with Crippen LogP contribution in [-0.2, 0) is 0 Å². The van der Waals surface area contributed by atoms with Crippen molar-refractivity contribution in [3.63, 3.8) is 0 Å². The highest BCUT2D eigenvalue weighted by atomic mass is 32.1. The smallest absolute Gasteiger partial charge is 0.379 e. The molecule has 0 unspecified atom stereocenters. The molecular weight excluding hydrogens is 380 g/mol. The minimum atomic E-state index is -0.600. The van der Waals surface area contributed by atoms with Gasteiger partial charge in [0.05, 0.1) is 18.5 Å². The van der Waals surface area contributed by atoms with Crippen LogP contribution in [0.4, 0.5) is 10.5 Å². The number of nitrogens with zero attached hydrogens (tertiary/aromatic N) is 1. The Bertz CT molecular complexity index is 898. The van der Waals surface area contributed by atoms with Crippen LogP contribution in [0, 0.1) is 0 Å². The number of hydrogen-bond donors (Lipinski definition) is 2. The van der Waals surface area contributed by atoms with E-state index in [1.807, 2.05) is 30.3 Å². The standard InChI is InChI=1S/C20H18N2O5S/c23-19(18-7-4-13-26-18)27-17-10-8-15(9-11-17)22(28)20(24)21-12-14-25-16-5-2-1-3-6-16/h1-11,13,28H,12,14H2,(H,21,24). The number of para-hydroxylation sites is 1. The number of amides is 2. The van der Waals surface area contributed by atoms with Gasteiger partial charge in [-0.15, -0.1) is 0 Å². The highest BCUT2D eigenvalue weighted by Gasteiger charge is 2.14. The molecular formula is C20H18N2O5S. The van der Waals surface area contributed by atoms with Crippen molar-refractivity contribution < 1.29 is 23.5 Å². The van der Waals surface area contributed by atoms with E-state index in [0.717, 1.165) is 10.1 Å². The van der Waals surface area contributed by atoms with Crippen LogP contribution >= 0.6 is 12.8 Å². The molecule has 1 aromatic heterocycles. The third-order valence-electron chi connectivity index (χ3n) is 3.60. The van der Waals surface area contributed by atoms with E-state index in [1.165, 1.54) is 12.3 Å². The Morgan fingerprint density at radius 2 is 1.71 bits per heavy atom. The number of thiol groups is 1. The number of anilines is 1. The van der Waals surface area contributed by atoms with Crippen LogP contribution < -0.4 is 19.1 Å². The van der Waals surface area contributed by atoms with Crippen molar-refractivity contribution in [1.82, 2.24) is 5.32 Å². The summed E-state index contributed by atoms with van der Waals surface area (Å²) in [6, 6.07) is 18.4. The van der Waals surface area contributed by atoms with Gasteiger partial charge in [-0.3, -0.25) is 0 Å². The van der Waals surface area contributed by atoms with E-state index >= 15 is 0 Å². The van der Waals surface area contributed by atoms with Gasteiger partial charge in [0.25, 0.3) is 0 Å². The molecule has 28 heavy (non-hydrogen) atoms. The third-order valence-corrected chi connectivity index (χ3v) is 4.01. The Balaban J connectivity index is 1.46. The van der Waals surface area contributed by atoms with Crippen molar-refractivity contribution in [3.8, 4) is 11.5 Å². The molecule has 3 aromatic rings. The molecule has 0 spiro atoms. The monoisotopic (exact) mass is 398 g/mol. The molecule has 0 aliphatic heterocycles. The Morgan fingerprint density at radius 3 is 2.39 bits per heavy atom. The van der Waals surface area contributed by atoms with Gasteiger partial charge in [-0.1, -0.05) is 31.0 Å². The molecule has 2 aromatic carbocycles. The van der Waals surface area contributed by atoms with Gasteiger partial charge in [0.15, 0.2) is 0 Å². The van der Waals surface area contributed by atoms with Gasteiger partial charge in [-0.25, -0.2) is 13.9 Å². The SMILES string of the molecule is O=C(Oc1ccc(N(S)C(=O)NCCOc2ccccc2)cc1)c1ccco1. The van der Waals surface area contributed by atoms with Crippen LogP contribution in [0.25, 0.3) is 0 Å². The van der Waals surface area contributed by atoms with Crippen molar-refractivity contribution in [2.24, 2.45) is 0 Å². The number of carbonyl (C=O) groups is 2. The number of carbonyl (C=O) groups excluding carboxylic acids is 2. The maximum Gasteiger partial charge on any atom is 0.379 e. The first-order valence-corrected chi connectivity index (χ1v) is 8.84. The van der Waals surface area contributed by atoms with Crippen LogP contribution in [-0.4, -0.2) is 25.2 Å². The Hall–Kier alpha value is -3.39. The minimum Gasteiger partial charge on any atom is -0.492 e. The molecule has 2 amide bonds. The number of nitrogens with one attached hydrogen (secondary N) is 1. The predicted molar refractivity (Wildman–Crippen MR) is 107 cm³/mol. The van der Waals surface area contributed by atoms with E-state index in [2.05, 4.69) is 18.1 Å². The van der Waals surface area contributed by atoms with E-state index in [4.69, 9.17) is 13.9 Å². The van der Waals surface area contributed by atoms with Gasteiger partial charge in [0, 0.05) is 0 Å². The summed E-state index contributed by atoms with van der Waals surface area (Å²) in [6.45, 7) is 0.655. The quantitative estimate of drug-likeness (QED) is 0.273. The summed E-state index contributed by atoms with van der Waals surface area (Å²) in [5.41, 5.74) is 0.516. The zero-order valence-electron chi connectivity index (χ0n) is 14.8. The summed E-state index contributed by atoms with van der Waals surface area (Å²) >= 11 is 4.20. The normalized spacial score (nSPS) is 10.2. The maximum absolute atomic E-state index is 12.2. The highest BCUT2D eigenvalue weighted by Crippen LogP contribution is 2.21. The molecule has 0 aliphatic carbocycles. The Labute approximate surface area is 167 Å². The number of furan rings is 1. The van der Waals surface area contributed by atoms with Crippen molar-refractivity contribution in [1.29, 1.82) is 0 Å². The number of rotatable bonds is 7. The molecule has 0 atom stereocenters. The van der Waals surface area contributed by atoms with Crippen LogP contribution in [0.3, 0.4) is 0 Å². The lowest BCUT2D eigenvalue weighted by Gasteiger charge is -2.17. The number of esters is 1. The van der Waals surface area contributed by atoms with Gasteiger partial charge >= 0.3 is 12.0 Å². The topological polar surface area (TPSA) is 81.0 Å². The van der Waals surface area contributed by atoms with Crippen LogP contribution in [0.5, 0.6) is 11.5 Å². The molecule has 0 saturated heterocycles. The van der Waals surface area contributed by atoms with Crippen molar-refractivity contribution in [3.05, 3.63) is 78.8 Å². The van der Waals surface area contributed by atoms with Crippen molar-refractivity contribution in [2.75, 3.05) is 17.5 Å². The molecule has 3 rings (SSSR count). The first-order valence-electron chi connectivity index (χ1n) is 8.44. The lowest BCUT2D eigenvalue weighted by Crippen LogP contribution is -2.36. The van der Waals surface area contributed by atoms with Crippen molar-refractivity contribution >= 4 is 30.5 Å². The molecule has 0 radical (unpaired) electrons. The van der Waals surface area contributed by atoms with E-state index in [9.17, 15) is 9.59 Å². The number of hydrogen-bond acceptors (Lipinski definition) is 6. The minimum absolute atomic E-state index is 0.108. The number of benzene rings is 2. The lowest BCUT2D eigenvalue weighted by atomic mass is 10.3. The molecule has 0 bridgehead atoms. The summed E-state index contributed by atoms with van der Waals surface area (Å²) in [4.78, 5) is 24.0. The van der Waals surface area contributed by atoms with Crippen LogP contribution in [0.15, 0.2) is 77.4 Å². The van der Waals surface area contributed by atoms with Crippen LogP contribution in [0.1, 0.15) is 10.6 Å². The summed E-state index contributed by atoms with van der Waals surface area (Å²) in [5, 5.41) is 2.70. The van der Waals surface area contributed by atoms with E-state index < -0.39 is 12.0 Å². The zero-order chi connectivity index (χ0) is 19.8. The summed E-state index contributed by atoms with van der Waals surface area (Å²) in [7, 11) is 0. The van der Waals surface area contributed by atoms with E-state index in [0.29, 0.717) is 24.6 Å². The van der Waals surface area contributed by atoms with E-state index in [1.54, 1.807) is 30.3 Å². The Kier molecular flexibility index (Phi) is 6.59. The van der Waals surface area contributed by atoms with Gasteiger partial charge in [0.1, 0.15) is 18.1 Å². The van der Waals surface area contributed by atoms with Gasteiger partial charge in [-0.2, -0.15) is 0 Å². The molecule has 144 valence electrons. The fourth-order valence-corrected chi connectivity index (χ4v) is 2.45. The maximum atomic E-state index is 12.2. The average molecular weight is 398 g/mol. The number of ether oxygens (including phenoxy) is 2. The third kappa shape index (κ3) is 5.31. The molecule has 0 saturated carbocycles. The van der Waals surface area contributed by atoms with Crippen LogP contribution in [0.2, 0.25) is 0 Å². The zero-order valence-corrected chi connectivity index (χ0v) is 15.7. The molecule has 1 N–H and O–H groups in total. The lowest BCUT2D eigenvalue weighted by molar-refractivity contribution is 0.0701. The molecule has 0 aliphatic rings. The summed E-state index contributed by atoms with van der Waals surface area (Å²) in [6.07, 6.45) is 1.39. The predicted octanol–water partition coefficient (Wildman–Crippen LogP) is 3.94. The second-order valence-electron chi connectivity index (χ2n) is 5.57. The second-order valence-corrected chi connectivity index (χ2v) is 5.97. The average Bonchev–Trinajstić information content (AvgIpc) is 3.27. The summed E-state index contributed by atoms with van der Waals surface area (Å²) < 4.78 is 16.8. The van der Waals surface area contributed by atoms with Gasteiger partial charge < -0.3 is 19.2 Å². The Morgan fingerprint density at radius 1 is 0.964 bits per heavy atom. The highest BCUT2D eigenvalue weighted by molar-refractivity contribution is 7.82. The van der Waals surface area contributed by atoms with Gasteiger partial charge in [-0.05, 0) is 48.5 Å². The molecule has 1 heterocycles. The van der Waals surface area contributed by atoms with E-state index in [-0.39, 0.29) is 5.76 Å². The summed E-state index contributed by atoms with van der Waals surface area (Å²) in [5.74, 6) is 0.566. The van der Waals surface area contributed by atoms with Gasteiger partial charge in [0.2, 0.25) is 5.76 Å². The molecule has 8 heteroatoms. The fraction of sp³-hybridized carbons (Fsp3) is 0.100.